The normalized spacial score (nSPS) is 10.8. The average molecular weight is 508 g/mol. The molecule has 3 rings (SSSR count). The average Bonchev–Trinajstić information content (AvgIpc) is 3.21. The van der Waals surface area contributed by atoms with Crippen LogP contribution in [0.2, 0.25) is 0 Å². The van der Waals surface area contributed by atoms with Gasteiger partial charge in [-0.3, -0.25) is 24.5 Å². The lowest BCUT2D eigenvalue weighted by Crippen LogP contribution is -2.26. The van der Waals surface area contributed by atoms with E-state index in [2.05, 4.69) is 10.3 Å². The van der Waals surface area contributed by atoms with Crippen LogP contribution in [0.1, 0.15) is 43.8 Å². The maximum absolute atomic E-state index is 13.0. The maximum Gasteiger partial charge on any atom is 0.269 e. The highest BCUT2D eigenvalue weighted by atomic mass is 32.1. The van der Waals surface area contributed by atoms with Crippen LogP contribution < -0.4 is 5.32 Å². The van der Waals surface area contributed by atoms with E-state index in [0.29, 0.717) is 22.0 Å². The number of rotatable bonds is 8. The van der Waals surface area contributed by atoms with Gasteiger partial charge in [-0.15, -0.1) is 0 Å². The molecule has 2 aromatic carbocycles. The molecule has 0 aliphatic rings. The van der Waals surface area contributed by atoms with Gasteiger partial charge >= 0.3 is 0 Å². The van der Waals surface area contributed by atoms with Gasteiger partial charge in [-0.05, 0) is 48.0 Å². The molecule has 3 aromatic rings. The van der Waals surface area contributed by atoms with Crippen molar-refractivity contribution in [3.63, 3.8) is 0 Å². The Kier molecular flexibility index (Phi) is 8.28. The van der Waals surface area contributed by atoms with Gasteiger partial charge in [-0.25, -0.2) is 4.98 Å². The molecule has 3 amide bonds. The number of anilines is 1. The Morgan fingerprint density at radius 3 is 2.08 bits per heavy atom. The summed E-state index contributed by atoms with van der Waals surface area (Å²) in [5.41, 5.74) is 2.21. The number of nitrogens with zero attached hydrogens (tertiary/aromatic N) is 4. The topological polar surface area (TPSA) is 126 Å². The van der Waals surface area contributed by atoms with Crippen molar-refractivity contribution in [2.24, 2.45) is 0 Å². The zero-order valence-electron chi connectivity index (χ0n) is 20.2. The summed E-state index contributed by atoms with van der Waals surface area (Å²) in [6, 6.07) is 12.5. The van der Waals surface area contributed by atoms with E-state index < -0.39 is 4.92 Å². The van der Waals surface area contributed by atoms with E-state index in [1.807, 2.05) is 0 Å². The number of carbonyl (C=O) groups excluding carboxylic acids is 3. The van der Waals surface area contributed by atoms with Crippen molar-refractivity contribution in [3.8, 4) is 0 Å². The number of nitro groups is 1. The first-order chi connectivity index (χ1) is 17.0. The summed E-state index contributed by atoms with van der Waals surface area (Å²) in [5, 5.41) is 13.9. The Hall–Kier alpha value is -4.38. The van der Waals surface area contributed by atoms with Gasteiger partial charge in [0.2, 0.25) is 5.91 Å². The lowest BCUT2D eigenvalue weighted by Gasteiger charge is -2.17. The number of aromatic nitrogens is 1. The van der Waals surface area contributed by atoms with E-state index >= 15 is 0 Å². The van der Waals surface area contributed by atoms with Gasteiger partial charge in [0.1, 0.15) is 0 Å². The molecule has 0 unspecified atom stereocenters. The van der Waals surface area contributed by atoms with Crippen LogP contribution in [0.4, 0.5) is 10.8 Å². The lowest BCUT2D eigenvalue weighted by molar-refractivity contribution is -0.384. The molecule has 10 nitrogen and oxygen atoms in total. The number of benzene rings is 2. The quantitative estimate of drug-likeness (QED) is 0.361. The van der Waals surface area contributed by atoms with Gasteiger partial charge < -0.3 is 15.1 Å². The second kappa shape index (κ2) is 11.4. The maximum atomic E-state index is 13.0. The second-order valence-corrected chi connectivity index (χ2v) is 9.21. The highest BCUT2D eigenvalue weighted by Crippen LogP contribution is 2.27. The molecule has 11 heteroatoms. The predicted molar refractivity (Wildman–Crippen MR) is 139 cm³/mol. The van der Waals surface area contributed by atoms with Gasteiger partial charge in [0.15, 0.2) is 5.13 Å². The van der Waals surface area contributed by atoms with E-state index in [1.165, 1.54) is 40.2 Å². The zero-order chi connectivity index (χ0) is 26.4. The number of nitro benzene ring substituents is 1. The summed E-state index contributed by atoms with van der Waals surface area (Å²) in [5.74, 6) is -0.654. The number of non-ortho nitro benzene ring substituents is 1. The fraction of sp³-hybridized carbons (Fsp3) is 0.200. The minimum atomic E-state index is -0.466. The first-order valence-electron chi connectivity index (χ1n) is 10.8. The fourth-order valence-corrected chi connectivity index (χ4v) is 4.26. The van der Waals surface area contributed by atoms with Crippen molar-refractivity contribution in [1.82, 2.24) is 14.8 Å². The van der Waals surface area contributed by atoms with Gasteiger partial charge in [-0.2, -0.15) is 0 Å². The fourth-order valence-electron chi connectivity index (χ4n) is 3.21. The molecule has 0 saturated carbocycles. The van der Waals surface area contributed by atoms with Crippen LogP contribution in [-0.4, -0.2) is 58.6 Å². The molecule has 0 fully saturated rings. The molecule has 0 radical (unpaired) electrons. The molecule has 186 valence electrons. The molecule has 1 N–H and O–H groups in total. The van der Waals surface area contributed by atoms with E-state index in [9.17, 15) is 24.5 Å². The van der Waals surface area contributed by atoms with Gasteiger partial charge in [0.25, 0.3) is 17.5 Å². The molecule has 0 bridgehead atoms. The second-order valence-electron chi connectivity index (χ2n) is 8.13. The Labute approximate surface area is 212 Å². The Morgan fingerprint density at radius 2 is 1.56 bits per heavy atom. The standard InChI is InChI=1S/C25H25N5O5S/c1-16(31)26-25-27-21(14-7-17-5-12-20(13-6-17)30(34)35)22(36-25)15-29(4)24(33)19-10-8-18(9-11-19)23(32)28(2)3/h5-14H,15H2,1-4H3,(H,26,27,31). The third kappa shape index (κ3) is 6.60. The van der Waals surface area contributed by atoms with Crippen molar-refractivity contribution in [2.75, 3.05) is 26.5 Å². The number of amides is 3. The molecular formula is C25H25N5O5S. The molecule has 1 heterocycles. The number of hydrogen-bond donors (Lipinski definition) is 1. The van der Waals surface area contributed by atoms with Crippen LogP contribution in [-0.2, 0) is 11.3 Å². The molecule has 1 aromatic heterocycles. The summed E-state index contributed by atoms with van der Waals surface area (Å²) in [7, 11) is 4.98. The third-order valence-electron chi connectivity index (χ3n) is 5.06. The molecule has 0 saturated heterocycles. The Balaban J connectivity index is 1.80. The first kappa shape index (κ1) is 26.2. The number of nitrogens with one attached hydrogen (secondary N) is 1. The molecule has 0 spiro atoms. The minimum absolute atomic E-state index is 0.00584. The van der Waals surface area contributed by atoms with Gasteiger partial charge in [-0.1, -0.05) is 17.4 Å². The molecule has 36 heavy (non-hydrogen) atoms. The van der Waals surface area contributed by atoms with E-state index in [4.69, 9.17) is 0 Å². The molecule has 0 aliphatic heterocycles. The predicted octanol–water partition coefficient (Wildman–Crippen LogP) is 4.15. The summed E-state index contributed by atoms with van der Waals surface area (Å²) >= 11 is 1.25. The zero-order valence-corrected chi connectivity index (χ0v) is 21.0. The monoisotopic (exact) mass is 507 g/mol. The van der Waals surface area contributed by atoms with Crippen molar-refractivity contribution in [1.29, 1.82) is 0 Å². The Bertz CT molecular complexity index is 1310. The summed E-state index contributed by atoms with van der Waals surface area (Å²) in [6.07, 6.45) is 3.49. The molecule has 0 aliphatic carbocycles. The van der Waals surface area contributed by atoms with E-state index in [1.54, 1.807) is 69.7 Å². The summed E-state index contributed by atoms with van der Waals surface area (Å²) in [4.78, 5) is 55.2. The van der Waals surface area contributed by atoms with E-state index in [0.717, 1.165) is 10.4 Å². The third-order valence-corrected chi connectivity index (χ3v) is 6.03. The van der Waals surface area contributed by atoms with Gasteiger partial charge in [0, 0.05) is 51.3 Å². The summed E-state index contributed by atoms with van der Waals surface area (Å²) < 4.78 is 0. The van der Waals surface area contributed by atoms with Gasteiger partial charge in [0.05, 0.1) is 22.0 Å². The summed E-state index contributed by atoms with van der Waals surface area (Å²) in [6.45, 7) is 1.61. The molecular weight excluding hydrogens is 482 g/mol. The number of carbonyl (C=O) groups is 3. The van der Waals surface area contributed by atoms with Crippen LogP contribution in [0.3, 0.4) is 0 Å². The van der Waals surface area contributed by atoms with Crippen LogP contribution in [0.5, 0.6) is 0 Å². The first-order valence-corrected chi connectivity index (χ1v) is 11.6. The van der Waals surface area contributed by atoms with Crippen LogP contribution in [0.25, 0.3) is 12.2 Å². The van der Waals surface area contributed by atoms with Crippen molar-refractivity contribution < 1.29 is 19.3 Å². The lowest BCUT2D eigenvalue weighted by atomic mass is 10.1. The van der Waals surface area contributed by atoms with Crippen LogP contribution in [0, 0.1) is 10.1 Å². The number of thiazole rings is 1. The van der Waals surface area contributed by atoms with Crippen molar-refractivity contribution in [3.05, 3.63) is 85.9 Å². The highest BCUT2D eigenvalue weighted by Gasteiger charge is 2.18. The Morgan fingerprint density at radius 1 is 0.972 bits per heavy atom. The van der Waals surface area contributed by atoms with Crippen molar-refractivity contribution >= 4 is 52.0 Å². The highest BCUT2D eigenvalue weighted by molar-refractivity contribution is 7.16. The largest absolute Gasteiger partial charge is 0.345 e. The van der Waals surface area contributed by atoms with Crippen molar-refractivity contribution in [2.45, 2.75) is 13.5 Å². The van der Waals surface area contributed by atoms with Crippen LogP contribution in [0.15, 0.2) is 48.5 Å². The smallest absolute Gasteiger partial charge is 0.269 e. The molecule has 0 atom stereocenters. The van der Waals surface area contributed by atoms with E-state index in [-0.39, 0.29) is 30.0 Å². The van der Waals surface area contributed by atoms with Crippen LogP contribution >= 0.6 is 11.3 Å². The number of hydrogen-bond acceptors (Lipinski definition) is 7. The SMILES string of the molecule is CC(=O)Nc1nc(C=Cc2ccc([N+](=O)[O-])cc2)c(CN(C)C(=O)c2ccc(C(=O)N(C)C)cc2)s1. The minimum Gasteiger partial charge on any atom is -0.345 e.